The average molecular weight is 316 g/mol. The van der Waals surface area contributed by atoms with E-state index in [2.05, 4.69) is 19.8 Å². The van der Waals surface area contributed by atoms with Gasteiger partial charge in [0.25, 0.3) is 0 Å². The van der Waals surface area contributed by atoms with Crippen LogP contribution >= 0.6 is 0 Å². The molecule has 0 radical (unpaired) electrons. The predicted octanol–water partition coefficient (Wildman–Crippen LogP) is 0.363. The van der Waals surface area contributed by atoms with Crippen molar-refractivity contribution in [3.05, 3.63) is 11.4 Å². The summed E-state index contributed by atoms with van der Waals surface area (Å²) in [4.78, 5) is 2.28. The van der Waals surface area contributed by atoms with Gasteiger partial charge in [0.05, 0.1) is 12.3 Å². The first-order valence-electron chi connectivity index (χ1n) is 7.30. The highest BCUT2D eigenvalue weighted by Crippen LogP contribution is 2.22. The number of hydrogen-bond acceptors (Lipinski definition) is 5. The summed E-state index contributed by atoms with van der Waals surface area (Å²) >= 11 is 0. The molecular weight excluding hydrogens is 292 g/mol. The van der Waals surface area contributed by atoms with E-state index in [1.165, 1.54) is 25.7 Å². The fraction of sp³-hybridized carbons (Fsp3) is 0.769. The van der Waals surface area contributed by atoms with Crippen LogP contribution in [0, 0.1) is 6.92 Å². The summed E-state index contributed by atoms with van der Waals surface area (Å²) in [6, 6.07) is 0.568. The van der Waals surface area contributed by atoms with Gasteiger partial charge in [0, 0.05) is 19.1 Å². The zero-order chi connectivity index (χ0) is 15.5. The Labute approximate surface area is 125 Å². The van der Waals surface area contributed by atoms with Crippen molar-refractivity contribution in [1.29, 1.82) is 0 Å². The summed E-state index contributed by atoms with van der Waals surface area (Å²) in [5, 5.41) is 15.6. The third kappa shape index (κ3) is 3.82. The monoisotopic (exact) mass is 316 g/mol. The minimum Gasteiger partial charge on any atom is -0.390 e. The van der Waals surface area contributed by atoms with Crippen LogP contribution in [0.25, 0.3) is 0 Å². The molecule has 2 rings (SSSR count). The lowest BCUT2D eigenvalue weighted by Gasteiger charge is -2.23. The summed E-state index contributed by atoms with van der Waals surface area (Å²) in [6.45, 7) is 2.26. The Hall–Kier alpha value is -0.960. The molecule has 1 fully saturated rings. The second kappa shape index (κ2) is 6.87. The van der Waals surface area contributed by atoms with Crippen LogP contribution in [-0.2, 0) is 16.6 Å². The van der Waals surface area contributed by atoms with Gasteiger partial charge in [-0.2, -0.15) is 5.10 Å². The van der Waals surface area contributed by atoms with Crippen molar-refractivity contribution in [2.45, 2.75) is 50.2 Å². The van der Waals surface area contributed by atoms with E-state index in [1.54, 1.807) is 6.92 Å². The second-order valence-corrected chi connectivity index (χ2v) is 7.30. The van der Waals surface area contributed by atoms with Crippen molar-refractivity contribution >= 4 is 10.0 Å². The summed E-state index contributed by atoms with van der Waals surface area (Å²) in [7, 11) is -1.61. The van der Waals surface area contributed by atoms with Crippen LogP contribution in [0.3, 0.4) is 0 Å². The molecule has 0 unspecified atom stereocenters. The highest BCUT2D eigenvalue weighted by molar-refractivity contribution is 7.89. The summed E-state index contributed by atoms with van der Waals surface area (Å²) < 4.78 is 27.2. The van der Waals surface area contributed by atoms with Gasteiger partial charge in [-0.15, -0.1) is 0 Å². The molecule has 1 aliphatic carbocycles. The van der Waals surface area contributed by atoms with Crippen LogP contribution in [0.2, 0.25) is 0 Å². The fourth-order valence-electron chi connectivity index (χ4n) is 2.89. The zero-order valence-electron chi connectivity index (χ0n) is 12.6. The molecule has 0 amide bonds. The molecule has 0 atom stereocenters. The van der Waals surface area contributed by atoms with Crippen molar-refractivity contribution in [1.82, 2.24) is 19.8 Å². The lowest BCUT2D eigenvalue weighted by atomic mass is 10.2. The molecule has 120 valence electrons. The van der Waals surface area contributed by atoms with Crippen LogP contribution in [0.4, 0.5) is 0 Å². The number of nitrogens with zero attached hydrogens (tertiary/aromatic N) is 2. The third-order valence-corrected chi connectivity index (χ3v) is 5.75. The van der Waals surface area contributed by atoms with E-state index in [-0.39, 0.29) is 10.6 Å². The first-order valence-corrected chi connectivity index (χ1v) is 8.78. The van der Waals surface area contributed by atoms with E-state index in [0.29, 0.717) is 24.8 Å². The number of aromatic amines is 1. The molecule has 0 bridgehead atoms. The molecule has 0 saturated heterocycles. The maximum atomic E-state index is 12.3. The molecule has 0 spiro atoms. The zero-order valence-corrected chi connectivity index (χ0v) is 13.4. The molecular formula is C13H24N4O3S. The molecule has 8 heteroatoms. The second-order valence-electron chi connectivity index (χ2n) is 5.60. The number of aliphatic hydroxyl groups excluding tert-OH is 1. The maximum Gasteiger partial charge on any atom is 0.244 e. The van der Waals surface area contributed by atoms with Gasteiger partial charge in [0.15, 0.2) is 0 Å². The molecule has 1 aliphatic rings. The molecule has 3 N–H and O–H groups in total. The number of H-pyrrole nitrogens is 1. The van der Waals surface area contributed by atoms with Gasteiger partial charge in [-0.25, -0.2) is 13.1 Å². The maximum absolute atomic E-state index is 12.3. The Kier molecular flexibility index (Phi) is 5.37. The van der Waals surface area contributed by atoms with Gasteiger partial charge in [-0.05, 0) is 26.8 Å². The molecule has 1 aromatic heterocycles. The minimum absolute atomic E-state index is 0.0634. The SMILES string of the molecule is Cc1[nH]nc(CO)c1S(=O)(=O)NCCN(C)C1CCCC1. The molecule has 7 nitrogen and oxygen atoms in total. The van der Waals surface area contributed by atoms with Crippen LogP contribution in [0.1, 0.15) is 37.1 Å². The number of aryl methyl sites for hydroxylation is 1. The number of hydrogen-bond donors (Lipinski definition) is 3. The highest BCUT2D eigenvalue weighted by atomic mass is 32.2. The van der Waals surface area contributed by atoms with E-state index in [9.17, 15) is 8.42 Å². The Bertz CT molecular complexity index is 564. The predicted molar refractivity (Wildman–Crippen MR) is 79.3 cm³/mol. The normalized spacial score (nSPS) is 17.0. The molecule has 21 heavy (non-hydrogen) atoms. The molecule has 1 saturated carbocycles. The van der Waals surface area contributed by atoms with Crippen LogP contribution in [0.5, 0.6) is 0 Å². The summed E-state index contributed by atoms with van der Waals surface area (Å²) in [6.07, 6.45) is 4.90. The Morgan fingerprint density at radius 1 is 1.43 bits per heavy atom. The molecule has 1 heterocycles. The number of likely N-dealkylation sites (N-methyl/N-ethyl adjacent to an activating group) is 1. The lowest BCUT2D eigenvalue weighted by Crippen LogP contribution is -2.37. The smallest absolute Gasteiger partial charge is 0.244 e. The van der Waals surface area contributed by atoms with Crippen molar-refractivity contribution < 1.29 is 13.5 Å². The lowest BCUT2D eigenvalue weighted by molar-refractivity contribution is 0.249. The van der Waals surface area contributed by atoms with Gasteiger partial charge in [0.1, 0.15) is 10.6 Å². The van der Waals surface area contributed by atoms with Crippen molar-refractivity contribution in [3.8, 4) is 0 Å². The van der Waals surface area contributed by atoms with E-state index in [0.717, 1.165) is 0 Å². The first kappa shape index (κ1) is 16.4. The number of rotatable bonds is 7. The van der Waals surface area contributed by atoms with Gasteiger partial charge >= 0.3 is 0 Å². The number of aliphatic hydroxyl groups is 1. The van der Waals surface area contributed by atoms with Crippen molar-refractivity contribution in [2.75, 3.05) is 20.1 Å². The molecule has 1 aromatic rings. The first-order chi connectivity index (χ1) is 9.95. The number of aromatic nitrogens is 2. The standard InChI is InChI=1S/C13H24N4O3S/c1-10-13(12(9-18)16-15-10)21(19,20)14-7-8-17(2)11-5-3-4-6-11/h11,14,18H,3-9H2,1-2H3,(H,15,16). The average Bonchev–Trinajstić information content (AvgIpc) is 3.07. The Balaban J connectivity index is 1.93. The van der Waals surface area contributed by atoms with E-state index in [1.807, 2.05) is 7.05 Å². The quantitative estimate of drug-likeness (QED) is 0.675. The molecule has 0 aliphatic heterocycles. The van der Waals surface area contributed by atoms with Crippen molar-refractivity contribution in [2.24, 2.45) is 0 Å². The van der Waals surface area contributed by atoms with Crippen LogP contribution < -0.4 is 4.72 Å². The number of sulfonamides is 1. The van der Waals surface area contributed by atoms with Crippen LogP contribution in [0.15, 0.2) is 4.90 Å². The highest BCUT2D eigenvalue weighted by Gasteiger charge is 2.24. The van der Waals surface area contributed by atoms with Gasteiger partial charge in [-0.3, -0.25) is 5.10 Å². The fourth-order valence-corrected chi connectivity index (χ4v) is 4.26. The van der Waals surface area contributed by atoms with Crippen molar-refractivity contribution in [3.63, 3.8) is 0 Å². The third-order valence-electron chi connectivity index (χ3n) is 4.08. The Morgan fingerprint density at radius 3 is 2.71 bits per heavy atom. The van der Waals surface area contributed by atoms with Gasteiger partial charge in [-0.1, -0.05) is 12.8 Å². The minimum atomic E-state index is -3.64. The van der Waals surface area contributed by atoms with Gasteiger partial charge < -0.3 is 10.0 Å². The van der Waals surface area contributed by atoms with Crippen LogP contribution in [-0.4, -0.2) is 54.8 Å². The topological polar surface area (TPSA) is 98.3 Å². The summed E-state index contributed by atoms with van der Waals surface area (Å²) in [5.74, 6) is 0. The molecule has 0 aromatic carbocycles. The van der Waals surface area contributed by atoms with E-state index < -0.39 is 16.6 Å². The van der Waals surface area contributed by atoms with Gasteiger partial charge in [0.2, 0.25) is 10.0 Å². The van der Waals surface area contributed by atoms with E-state index in [4.69, 9.17) is 5.11 Å². The summed E-state index contributed by atoms with van der Waals surface area (Å²) in [5.41, 5.74) is 0.597. The van der Waals surface area contributed by atoms with E-state index >= 15 is 0 Å². The Morgan fingerprint density at radius 2 is 2.10 bits per heavy atom. The number of nitrogens with one attached hydrogen (secondary N) is 2. The largest absolute Gasteiger partial charge is 0.390 e.